The van der Waals surface area contributed by atoms with Crippen molar-refractivity contribution in [3.8, 4) is 0 Å². The number of fused-ring (bicyclic) bond motifs is 1. The Kier molecular flexibility index (Phi) is 6.20. The molecule has 0 unspecified atom stereocenters. The molecule has 1 aromatic carbocycles. The summed E-state index contributed by atoms with van der Waals surface area (Å²) < 4.78 is 5.47. The van der Waals surface area contributed by atoms with Crippen molar-refractivity contribution in [3.05, 3.63) is 46.9 Å². The second-order valence-electron chi connectivity index (χ2n) is 9.02. The van der Waals surface area contributed by atoms with Gasteiger partial charge >= 0.3 is 0 Å². The summed E-state index contributed by atoms with van der Waals surface area (Å²) in [6.07, 6.45) is 2.01. The molecule has 1 N–H and O–H groups in total. The number of nitrogens with zero attached hydrogens (tertiary/aromatic N) is 4. The molecule has 2 atom stereocenters. The predicted molar refractivity (Wildman–Crippen MR) is 121 cm³/mol. The molecule has 1 amide bonds. The molecule has 7 heteroatoms. The second kappa shape index (κ2) is 9.04. The fourth-order valence-electron chi connectivity index (χ4n) is 4.41. The van der Waals surface area contributed by atoms with Crippen molar-refractivity contribution >= 4 is 22.8 Å². The number of benzene rings is 1. The van der Waals surface area contributed by atoms with Crippen LogP contribution in [-0.2, 0) is 17.8 Å². The highest BCUT2D eigenvalue weighted by Gasteiger charge is 2.27. The monoisotopic (exact) mass is 421 g/mol. The first-order valence-corrected chi connectivity index (χ1v) is 11.1. The van der Waals surface area contributed by atoms with Crippen LogP contribution < -0.4 is 10.2 Å². The minimum absolute atomic E-state index is 0.0141. The fraction of sp³-hybridized carbons (Fsp3) is 0.500. The summed E-state index contributed by atoms with van der Waals surface area (Å²) in [4.78, 5) is 24.1. The van der Waals surface area contributed by atoms with Crippen LogP contribution in [0, 0.1) is 25.7 Å². The van der Waals surface area contributed by atoms with Crippen molar-refractivity contribution < 1.29 is 9.32 Å². The Morgan fingerprint density at radius 2 is 1.84 bits per heavy atom. The highest BCUT2D eigenvalue weighted by Crippen LogP contribution is 2.31. The third-order valence-electron chi connectivity index (χ3n) is 5.89. The molecule has 1 aliphatic heterocycles. The zero-order valence-electron chi connectivity index (χ0n) is 18.8. The normalized spacial score (nSPS) is 19.0. The average molecular weight is 422 g/mol. The van der Waals surface area contributed by atoms with Gasteiger partial charge in [-0.3, -0.25) is 4.79 Å². The summed E-state index contributed by atoms with van der Waals surface area (Å²) in [5.41, 5.74) is 3.60. The van der Waals surface area contributed by atoms with Crippen LogP contribution in [0.3, 0.4) is 0 Å². The molecule has 3 heterocycles. The van der Waals surface area contributed by atoms with Gasteiger partial charge < -0.3 is 14.7 Å². The summed E-state index contributed by atoms with van der Waals surface area (Å²) in [6, 6.07) is 8.17. The number of piperidine rings is 1. The third-order valence-corrected chi connectivity index (χ3v) is 5.89. The zero-order chi connectivity index (χ0) is 22.0. The van der Waals surface area contributed by atoms with Crippen LogP contribution in [0.5, 0.6) is 0 Å². The van der Waals surface area contributed by atoms with E-state index in [1.54, 1.807) is 0 Å². The van der Waals surface area contributed by atoms with E-state index in [1.165, 1.54) is 12.0 Å². The lowest BCUT2D eigenvalue weighted by atomic mass is 9.92. The molecule has 3 aromatic rings. The second-order valence-corrected chi connectivity index (χ2v) is 9.02. The lowest BCUT2D eigenvalue weighted by Crippen LogP contribution is -2.39. The third kappa shape index (κ3) is 5.03. The number of rotatable bonds is 6. The van der Waals surface area contributed by atoms with Gasteiger partial charge in [0.05, 0.1) is 5.69 Å². The van der Waals surface area contributed by atoms with E-state index in [0.717, 1.165) is 35.6 Å². The quantitative estimate of drug-likeness (QED) is 0.648. The lowest BCUT2D eigenvalue weighted by molar-refractivity contribution is -0.121. The van der Waals surface area contributed by atoms with Crippen molar-refractivity contribution in [2.75, 3.05) is 18.0 Å². The Hall–Kier alpha value is -2.96. The molecular weight excluding hydrogens is 390 g/mol. The molecule has 2 aromatic heterocycles. The molecule has 4 rings (SSSR count). The van der Waals surface area contributed by atoms with Gasteiger partial charge in [-0.05, 0) is 37.7 Å². The minimum atomic E-state index is -0.0141. The smallest absolute Gasteiger partial charge is 0.263 e. The van der Waals surface area contributed by atoms with Crippen LogP contribution in [0.4, 0.5) is 5.82 Å². The van der Waals surface area contributed by atoms with Gasteiger partial charge in [0.1, 0.15) is 17.0 Å². The van der Waals surface area contributed by atoms with Crippen molar-refractivity contribution in [2.24, 2.45) is 11.8 Å². The highest BCUT2D eigenvalue weighted by molar-refractivity contribution is 5.88. The van der Waals surface area contributed by atoms with Gasteiger partial charge in [-0.1, -0.05) is 48.8 Å². The first kappa shape index (κ1) is 21.3. The molecular formula is C24H31N5O2. The summed E-state index contributed by atoms with van der Waals surface area (Å²) in [7, 11) is 0. The summed E-state index contributed by atoms with van der Waals surface area (Å²) in [5.74, 6) is 2.70. The number of aromatic nitrogens is 3. The van der Waals surface area contributed by atoms with Crippen LogP contribution in [0.2, 0.25) is 0 Å². The Labute approximate surface area is 183 Å². The minimum Gasteiger partial charge on any atom is -0.355 e. The van der Waals surface area contributed by atoms with Gasteiger partial charge in [-0.25, -0.2) is 4.98 Å². The summed E-state index contributed by atoms with van der Waals surface area (Å²) in [5, 5.41) is 7.97. The van der Waals surface area contributed by atoms with Crippen LogP contribution in [0.1, 0.15) is 49.3 Å². The van der Waals surface area contributed by atoms with Gasteiger partial charge in [0.25, 0.3) is 5.71 Å². The SMILES string of the molecule is Cc1ccc(CNC(=O)CCc2nc(N3C[C@H](C)C[C@@H](C)C3)c3c(C)noc3n2)cc1. The number of carbonyl (C=O) groups excluding carboxylic acids is 1. The zero-order valence-corrected chi connectivity index (χ0v) is 18.8. The molecule has 0 bridgehead atoms. The summed E-state index contributed by atoms with van der Waals surface area (Å²) in [6.45, 7) is 11.0. The maximum absolute atomic E-state index is 12.4. The molecule has 0 spiro atoms. The van der Waals surface area contributed by atoms with Crippen LogP contribution >= 0.6 is 0 Å². The number of amides is 1. The molecule has 1 saturated heterocycles. The van der Waals surface area contributed by atoms with E-state index in [1.807, 2.05) is 31.2 Å². The lowest BCUT2D eigenvalue weighted by Gasteiger charge is -2.36. The Balaban J connectivity index is 1.46. The molecule has 0 saturated carbocycles. The van der Waals surface area contributed by atoms with Crippen LogP contribution in [-0.4, -0.2) is 34.1 Å². The van der Waals surface area contributed by atoms with Crippen molar-refractivity contribution in [3.63, 3.8) is 0 Å². The van der Waals surface area contributed by atoms with E-state index in [2.05, 4.69) is 41.1 Å². The molecule has 0 aliphatic carbocycles. The Morgan fingerprint density at radius 1 is 1.13 bits per heavy atom. The standard InChI is InChI=1S/C24H31N5O2/c1-15-5-7-19(8-6-15)12-25-21(30)10-9-20-26-23(22-18(4)28-31-24(22)27-20)29-13-16(2)11-17(3)14-29/h5-8,16-17H,9-14H2,1-4H3,(H,25,30)/t16-,17-/m1/s1. The highest BCUT2D eigenvalue weighted by atomic mass is 16.5. The van der Waals surface area contributed by atoms with E-state index >= 15 is 0 Å². The topological polar surface area (TPSA) is 84.2 Å². The van der Waals surface area contributed by atoms with Gasteiger partial charge in [0, 0.05) is 32.5 Å². The maximum Gasteiger partial charge on any atom is 0.263 e. The predicted octanol–water partition coefficient (Wildman–Crippen LogP) is 3.97. The number of anilines is 1. The van der Waals surface area contributed by atoms with Gasteiger partial charge in [-0.15, -0.1) is 0 Å². The maximum atomic E-state index is 12.4. The molecule has 7 nitrogen and oxygen atoms in total. The van der Waals surface area contributed by atoms with Crippen molar-refractivity contribution in [2.45, 2.75) is 53.5 Å². The molecule has 164 valence electrons. The van der Waals surface area contributed by atoms with E-state index in [4.69, 9.17) is 9.51 Å². The molecule has 1 fully saturated rings. The number of carbonyl (C=O) groups is 1. The largest absolute Gasteiger partial charge is 0.355 e. The first-order chi connectivity index (χ1) is 14.9. The molecule has 0 radical (unpaired) electrons. The van der Waals surface area contributed by atoms with Crippen molar-refractivity contribution in [1.82, 2.24) is 20.4 Å². The van der Waals surface area contributed by atoms with E-state index < -0.39 is 0 Å². The number of hydrogen-bond donors (Lipinski definition) is 1. The average Bonchev–Trinajstić information content (AvgIpc) is 3.11. The fourth-order valence-corrected chi connectivity index (χ4v) is 4.41. The van der Waals surface area contributed by atoms with Crippen molar-refractivity contribution in [1.29, 1.82) is 0 Å². The summed E-state index contributed by atoms with van der Waals surface area (Å²) >= 11 is 0. The van der Waals surface area contributed by atoms with Crippen LogP contribution in [0.25, 0.3) is 11.1 Å². The number of aryl methyl sites for hydroxylation is 3. The van der Waals surface area contributed by atoms with Crippen LogP contribution in [0.15, 0.2) is 28.8 Å². The van der Waals surface area contributed by atoms with Gasteiger partial charge in [0.2, 0.25) is 5.91 Å². The number of hydrogen-bond acceptors (Lipinski definition) is 6. The first-order valence-electron chi connectivity index (χ1n) is 11.1. The Bertz CT molecular complexity index is 1050. The van der Waals surface area contributed by atoms with E-state index in [0.29, 0.717) is 42.8 Å². The Morgan fingerprint density at radius 3 is 2.55 bits per heavy atom. The molecule has 1 aliphatic rings. The van der Waals surface area contributed by atoms with Gasteiger partial charge in [-0.2, -0.15) is 4.98 Å². The van der Waals surface area contributed by atoms with E-state index in [-0.39, 0.29) is 5.91 Å². The molecule has 31 heavy (non-hydrogen) atoms. The number of nitrogens with one attached hydrogen (secondary N) is 1. The van der Waals surface area contributed by atoms with E-state index in [9.17, 15) is 4.79 Å². The van der Waals surface area contributed by atoms with Gasteiger partial charge in [0.15, 0.2) is 0 Å².